The van der Waals surface area contributed by atoms with E-state index in [1.807, 2.05) is 13.8 Å². The summed E-state index contributed by atoms with van der Waals surface area (Å²) >= 11 is 1.22. The first-order chi connectivity index (χ1) is 10.8. The van der Waals surface area contributed by atoms with Gasteiger partial charge in [0.05, 0.1) is 15.7 Å². The molecule has 1 atom stereocenters. The first-order valence-corrected chi connectivity index (χ1v) is 8.32. The van der Waals surface area contributed by atoms with Crippen LogP contribution >= 0.6 is 11.8 Å². The molecule has 2 N–H and O–H groups in total. The Labute approximate surface area is 138 Å². The number of aliphatic carboxylic acids is 1. The predicted molar refractivity (Wildman–Crippen MR) is 87.8 cm³/mol. The summed E-state index contributed by atoms with van der Waals surface area (Å²) in [6.07, 6.45) is 2.16. The average molecular weight is 340 g/mol. The molecule has 0 aliphatic heterocycles. The van der Waals surface area contributed by atoms with Crippen LogP contribution < -0.4 is 5.32 Å². The Hall–Kier alpha value is -2.09. The number of nitrogens with one attached hydrogen (secondary N) is 1. The van der Waals surface area contributed by atoms with E-state index in [1.165, 1.54) is 30.0 Å². The maximum absolute atomic E-state index is 12.1. The summed E-state index contributed by atoms with van der Waals surface area (Å²) in [5, 5.41) is 22.7. The van der Waals surface area contributed by atoms with E-state index in [2.05, 4.69) is 5.32 Å². The molecule has 0 fully saturated rings. The van der Waals surface area contributed by atoms with E-state index in [4.69, 9.17) is 5.11 Å². The van der Waals surface area contributed by atoms with Gasteiger partial charge in [-0.05, 0) is 30.7 Å². The summed E-state index contributed by atoms with van der Waals surface area (Å²) in [4.78, 5) is 34.2. The number of carboxylic acids is 1. The van der Waals surface area contributed by atoms with Gasteiger partial charge in [-0.3, -0.25) is 19.7 Å². The van der Waals surface area contributed by atoms with Gasteiger partial charge in [0, 0.05) is 18.2 Å². The minimum Gasteiger partial charge on any atom is -0.481 e. The maximum Gasteiger partial charge on any atom is 0.308 e. The Balaban J connectivity index is 2.83. The fourth-order valence-corrected chi connectivity index (χ4v) is 2.68. The van der Waals surface area contributed by atoms with Gasteiger partial charge >= 0.3 is 5.97 Å². The molecule has 1 rings (SSSR count). The highest BCUT2D eigenvalue weighted by molar-refractivity contribution is 7.98. The number of carbonyl (C=O) groups excluding carboxylic acids is 1. The van der Waals surface area contributed by atoms with Crippen molar-refractivity contribution in [1.82, 2.24) is 5.32 Å². The van der Waals surface area contributed by atoms with E-state index in [1.54, 1.807) is 6.26 Å². The molecule has 1 unspecified atom stereocenters. The van der Waals surface area contributed by atoms with Crippen LogP contribution in [0, 0.1) is 22.0 Å². The molecular formula is C15H20N2O5S. The van der Waals surface area contributed by atoms with Crippen molar-refractivity contribution in [3.63, 3.8) is 0 Å². The van der Waals surface area contributed by atoms with Crippen LogP contribution in [0.3, 0.4) is 0 Å². The van der Waals surface area contributed by atoms with Crippen molar-refractivity contribution in [3.8, 4) is 0 Å². The minimum absolute atomic E-state index is 0.00950. The van der Waals surface area contributed by atoms with Crippen LogP contribution in [0.25, 0.3) is 0 Å². The first-order valence-electron chi connectivity index (χ1n) is 7.09. The normalized spacial score (nSPS) is 12.0. The standard InChI is InChI=1S/C15H20N2O5S/c1-9(2)6-11(15(19)20)8-16-14(18)10-4-5-13(23-3)12(7-10)17(21)22/h4-5,7,9,11H,6,8H2,1-3H3,(H,16,18)(H,19,20). The van der Waals surface area contributed by atoms with Crippen molar-refractivity contribution < 1.29 is 19.6 Å². The third-order valence-corrected chi connectivity index (χ3v) is 4.04. The zero-order valence-electron chi connectivity index (χ0n) is 13.2. The van der Waals surface area contributed by atoms with Gasteiger partial charge in [0.25, 0.3) is 11.6 Å². The topological polar surface area (TPSA) is 110 Å². The number of nitrogens with zero attached hydrogens (tertiary/aromatic N) is 1. The molecule has 126 valence electrons. The summed E-state index contributed by atoms with van der Waals surface area (Å²) in [6.45, 7) is 3.80. The molecule has 0 heterocycles. The Morgan fingerprint density at radius 3 is 2.52 bits per heavy atom. The SMILES string of the molecule is CSc1ccc(C(=O)NCC(CC(C)C)C(=O)O)cc1[N+](=O)[O-]. The summed E-state index contributed by atoms with van der Waals surface area (Å²) in [5.41, 5.74) is 0.00491. The molecule has 0 spiro atoms. The number of carbonyl (C=O) groups is 2. The van der Waals surface area contributed by atoms with Crippen LogP contribution in [0.1, 0.15) is 30.6 Å². The Kier molecular flexibility index (Phi) is 7.02. The van der Waals surface area contributed by atoms with Crippen molar-refractivity contribution in [3.05, 3.63) is 33.9 Å². The highest BCUT2D eigenvalue weighted by Crippen LogP contribution is 2.28. The molecule has 1 aromatic carbocycles. The molecule has 1 aromatic rings. The number of hydrogen-bond acceptors (Lipinski definition) is 5. The zero-order valence-corrected chi connectivity index (χ0v) is 14.1. The van der Waals surface area contributed by atoms with Crippen LogP contribution in [0.15, 0.2) is 23.1 Å². The minimum atomic E-state index is -0.970. The monoisotopic (exact) mass is 340 g/mol. The molecular weight excluding hydrogens is 320 g/mol. The molecule has 23 heavy (non-hydrogen) atoms. The third-order valence-electron chi connectivity index (χ3n) is 3.25. The Morgan fingerprint density at radius 2 is 2.04 bits per heavy atom. The van der Waals surface area contributed by atoms with Crippen LogP contribution in [-0.2, 0) is 4.79 Å². The second kappa shape index (κ2) is 8.52. The molecule has 0 saturated carbocycles. The molecule has 0 radical (unpaired) electrons. The van der Waals surface area contributed by atoms with Crippen molar-refractivity contribution in [2.75, 3.05) is 12.8 Å². The molecule has 0 aliphatic rings. The van der Waals surface area contributed by atoms with Gasteiger partial charge in [-0.2, -0.15) is 0 Å². The summed E-state index contributed by atoms with van der Waals surface area (Å²) in [7, 11) is 0. The number of benzene rings is 1. The van der Waals surface area contributed by atoms with Gasteiger partial charge in [-0.1, -0.05) is 13.8 Å². The lowest BCUT2D eigenvalue weighted by Gasteiger charge is -2.15. The lowest BCUT2D eigenvalue weighted by molar-refractivity contribution is -0.387. The van der Waals surface area contributed by atoms with Gasteiger partial charge in [0.1, 0.15) is 0 Å². The predicted octanol–water partition coefficient (Wildman–Crippen LogP) is 2.79. The van der Waals surface area contributed by atoms with Crippen molar-refractivity contribution in [2.45, 2.75) is 25.2 Å². The number of amides is 1. The van der Waals surface area contributed by atoms with Crippen LogP contribution in [-0.4, -0.2) is 34.7 Å². The number of carboxylic acid groups (broad SMARTS) is 1. The molecule has 0 saturated heterocycles. The maximum atomic E-state index is 12.1. The van der Waals surface area contributed by atoms with Gasteiger partial charge in [0.2, 0.25) is 0 Å². The molecule has 7 nitrogen and oxygen atoms in total. The van der Waals surface area contributed by atoms with Crippen molar-refractivity contribution in [1.29, 1.82) is 0 Å². The average Bonchev–Trinajstić information content (AvgIpc) is 2.49. The second-order valence-electron chi connectivity index (χ2n) is 5.52. The first kappa shape index (κ1) is 19.0. The van der Waals surface area contributed by atoms with Crippen LogP contribution in [0.5, 0.6) is 0 Å². The van der Waals surface area contributed by atoms with E-state index in [0.29, 0.717) is 11.3 Å². The quantitative estimate of drug-likeness (QED) is 0.428. The van der Waals surface area contributed by atoms with Crippen molar-refractivity contribution >= 4 is 29.3 Å². The van der Waals surface area contributed by atoms with E-state index >= 15 is 0 Å². The fraction of sp³-hybridized carbons (Fsp3) is 0.467. The second-order valence-corrected chi connectivity index (χ2v) is 6.37. The largest absolute Gasteiger partial charge is 0.481 e. The van der Waals surface area contributed by atoms with E-state index in [-0.39, 0.29) is 23.7 Å². The summed E-state index contributed by atoms with van der Waals surface area (Å²) in [5.74, 6) is -1.98. The molecule has 1 amide bonds. The van der Waals surface area contributed by atoms with Crippen LogP contribution in [0.2, 0.25) is 0 Å². The number of rotatable bonds is 8. The summed E-state index contributed by atoms with van der Waals surface area (Å²) in [6, 6.07) is 4.21. The lowest BCUT2D eigenvalue weighted by atomic mass is 9.97. The number of thioether (sulfide) groups is 1. The van der Waals surface area contributed by atoms with E-state index in [9.17, 15) is 19.7 Å². The molecule has 0 aliphatic carbocycles. The van der Waals surface area contributed by atoms with Gasteiger partial charge in [-0.15, -0.1) is 11.8 Å². The molecule has 8 heteroatoms. The third kappa shape index (κ3) is 5.55. The smallest absolute Gasteiger partial charge is 0.308 e. The highest BCUT2D eigenvalue weighted by Gasteiger charge is 2.21. The Bertz CT molecular complexity index is 604. The van der Waals surface area contributed by atoms with Crippen LogP contribution in [0.4, 0.5) is 5.69 Å². The molecule has 0 aromatic heterocycles. The number of hydrogen-bond donors (Lipinski definition) is 2. The lowest BCUT2D eigenvalue weighted by Crippen LogP contribution is -2.33. The number of nitro groups is 1. The fourth-order valence-electron chi connectivity index (χ4n) is 2.13. The zero-order chi connectivity index (χ0) is 17.6. The van der Waals surface area contributed by atoms with E-state index < -0.39 is 22.7 Å². The van der Waals surface area contributed by atoms with Crippen molar-refractivity contribution in [2.24, 2.45) is 11.8 Å². The summed E-state index contributed by atoms with van der Waals surface area (Å²) < 4.78 is 0. The Morgan fingerprint density at radius 1 is 1.39 bits per heavy atom. The van der Waals surface area contributed by atoms with Gasteiger partial charge in [-0.25, -0.2) is 0 Å². The molecule has 0 bridgehead atoms. The highest BCUT2D eigenvalue weighted by atomic mass is 32.2. The van der Waals surface area contributed by atoms with E-state index in [0.717, 1.165) is 0 Å². The van der Waals surface area contributed by atoms with Gasteiger partial charge < -0.3 is 10.4 Å². The number of nitro benzene ring substituents is 1. The van der Waals surface area contributed by atoms with Gasteiger partial charge in [0.15, 0.2) is 0 Å².